The molecule has 0 saturated heterocycles. The number of hydrogen-bond acceptors (Lipinski definition) is 3. The van der Waals surface area contributed by atoms with Crippen molar-refractivity contribution in [1.82, 2.24) is 0 Å². The van der Waals surface area contributed by atoms with Crippen molar-refractivity contribution in [2.75, 3.05) is 13.7 Å². The third-order valence-corrected chi connectivity index (χ3v) is 3.06. The number of halogens is 2. The quantitative estimate of drug-likeness (QED) is 0.619. The zero-order valence-corrected chi connectivity index (χ0v) is 12.8. The van der Waals surface area contributed by atoms with Crippen molar-refractivity contribution in [3.8, 4) is 5.75 Å². The van der Waals surface area contributed by atoms with E-state index in [1.807, 2.05) is 13.0 Å². The second-order valence-electron chi connectivity index (χ2n) is 3.72. The molecule has 0 radical (unpaired) electrons. The highest BCUT2D eigenvalue weighted by atomic mass is 79.9. The Morgan fingerprint density at radius 1 is 1.50 bits per heavy atom. The van der Waals surface area contributed by atoms with E-state index in [2.05, 4.69) is 20.7 Å². The number of methoxy groups -OCH3 is 1. The Morgan fingerprint density at radius 2 is 2.17 bits per heavy atom. The maximum atomic E-state index is 11.2. The lowest BCUT2D eigenvalue weighted by molar-refractivity contribution is -0.136. The Labute approximate surface area is 120 Å². The first kappa shape index (κ1) is 15.1. The van der Waals surface area contributed by atoms with Crippen molar-refractivity contribution < 1.29 is 14.3 Å². The minimum atomic E-state index is -0.364. The van der Waals surface area contributed by atoms with Gasteiger partial charge in [0.05, 0.1) is 12.1 Å². The summed E-state index contributed by atoms with van der Waals surface area (Å²) >= 11 is 9.43. The van der Waals surface area contributed by atoms with Crippen molar-refractivity contribution in [2.24, 2.45) is 0 Å². The van der Waals surface area contributed by atoms with Gasteiger partial charge in [-0.05, 0) is 37.6 Å². The second-order valence-corrected chi connectivity index (χ2v) is 5.05. The Hall–Kier alpha value is -1.000. The van der Waals surface area contributed by atoms with E-state index in [0.717, 1.165) is 10.0 Å². The van der Waals surface area contributed by atoms with Crippen molar-refractivity contribution in [1.29, 1.82) is 0 Å². The summed E-state index contributed by atoms with van der Waals surface area (Å²) in [6, 6.07) is 3.68. The molecule has 0 bridgehead atoms. The molecule has 0 unspecified atom stereocenters. The molecule has 0 atom stereocenters. The minimum Gasteiger partial charge on any atom is -0.488 e. The van der Waals surface area contributed by atoms with Crippen LogP contribution in [0.1, 0.15) is 12.5 Å². The molecule has 3 nitrogen and oxygen atoms in total. The van der Waals surface area contributed by atoms with Gasteiger partial charge >= 0.3 is 5.97 Å². The lowest BCUT2D eigenvalue weighted by atomic mass is 10.2. The maximum absolute atomic E-state index is 11.2. The average molecular weight is 334 g/mol. The molecule has 18 heavy (non-hydrogen) atoms. The molecule has 98 valence electrons. The van der Waals surface area contributed by atoms with Crippen LogP contribution in [-0.4, -0.2) is 19.7 Å². The van der Waals surface area contributed by atoms with Gasteiger partial charge in [0.15, 0.2) is 0 Å². The number of ether oxygens (including phenoxy) is 2. The van der Waals surface area contributed by atoms with E-state index in [1.165, 1.54) is 7.11 Å². The second kappa shape index (κ2) is 6.81. The van der Waals surface area contributed by atoms with Gasteiger partial charge in [0.1, 0.15) is 12.4 Å². The van der Waals surface area contributed by atoms with E-state index in [4.69, 9.17) is 16.3 Å². The molecular weight excluding hydrogens is 319 g/mol. The van der Waals surface area contributed by atoms with Crippen LogP contribution in [0, 0.1) is 6.92 Å². The summed E-state index contributed by atoms with van der Waals surface area (Å²) in [7, 11) is 1.34. The number of carbonyl (C=O) groups is 1. The molecule has 1 aromatic carbocycles. The Morgan fingerprint density at radius 3 is 2.72 bits per heavy atom. The first-order chi connectivity index (χ1) is 8.45. The first-order valence-electron chi connectivity index (χ1n) is 5.29. The van der Waals surface area contributed by atoms with Crippen LogP contribution in [0.4, 0.5) is 0 Å². The van der Waals surface area contributed by atoms with E-state index in [-0.39, 0.29) is 12.6 Å². The fourth-order valence-electron chi connectivity index (χ4n) is 1.37. The molecule has 0 aromatic heterocycles. The molecular formula is C13H14BrClO3. The number of aryl methyl sites for hydroxylation is 1. The molecule has 0 saturated carbocycles. The molecule has 0 N–H and O–H groups in total. The summed E-state index contributed by atoms with van der Waals surface area (Å²) < 4.78 is 11.0. The van der Waals surface area contributed by atoms with Crippen molar-refractivity contribution in [2.45, 2.75) is 13.8 Å². The average Bonchev–Trinajstić information content (AvgIpc) is 2.31. The Balaban J connectivity index is 2.73. The van der Waals surface area contributed by atoms with Crippen molar-refractivity contribution in [3.05, 3.63) is 38.8 Å². The van der Waals surface area contributed by atoms with Crippen LogP contribution >= 0.6 is 27.5 Å². The van der Waals surface area contributed by atoms with Gasteiger partial charge in [0.25, 0.3) is 0 Å². The van der Waals surface area contributed by atoms with Gasteiger partial charge in [0, 0.05) is 10.0 Å². The molecule has 0 spiro atoms. The molecule has 0 aliphatic carbocycles. The van der Waals surface area contributed by atoms with E-state index in [0.29, 0.717) is 16.3 Å². The highest BCUT2D eigenvalue weighted by Crippen LogP contribution is 2.31. The van der Waals surface area contributed by atoms with Gasteiger partial charge in [-0.15, -0.1) is 0 Å². The van der Waals surface area contributed by atoms with E-state index in [1.54, 1.807) is 19.1 Å². The van der Waals surface area contributed by atoms with E-state index < -0.39 is 0 Å². The summed E-state index contributed by atoms with van der Waals surface area (Å²) in [5.74, 6) is 0.256. The molecule has 0 amide bonds. The monoisotopic (exact) mass is 332 g/mol. The maximum Gasteiger partial charge on any atom is 0.333 e. The summed E-state index contributed by atoms with van der Waals surface area (Å²) in [4.78, 5) is 11.2. The summed E-state index contributed by atoms with van der Waals surface area (Å²) in [6.07, 6.45) is 1.66. The standard InChI is InChI=1S/C13H14BrClO3/c1-8(13(16)17-3)4-5-18-12-9(2)6-10(14)7-11(12)15/h4,6-7H,5H2,1-3H3. The summed E-state index contributed by atoms with van der Waals surface area (Å²) in [5.41, 5.74) is 1.43. The lowest BCUT2D eigenvalue weighted by Crippen LogP contribution is -2.04. The zero-order valence-electron chi connectivity index (χ0n) is 10.4. The number of esters is 1. The molecule has 0 fully saturated rings. The Kier molecular flexibility index (Phi) is 5.69. The van der Waals surface area contributed by atoms with Crippen LogP contribution in [0.25, 0.3) is 0 Å². The first-order valence-corrected chi connectivity index (χ1v) is 6.46. The van der Waals surface area contributed by atoms with Crippen LogP contribution in [0.2, 0.25) is 5.02 Å². The summed E-state index contributed by atoms with van der Waals surface area (Å²) in [5, 5.41) is 0.533. The Bertz CT molecular complexity index is 460. The lowest BCUT2D eigenvalue weighted by Gasteiger charge is -2.10. The van der Waals surface area contributed by atoms with Gasteiger partial charge in [-0.1, -0.05) is 27.5 Å². The van der Waals surface area contributed by atoms with Gasteiger partial charge in [-0.25, -0.2) is 4.79 Å². The van der Waals surface area contributed by atoms with Gasteiger partial charge in [0.2, 0.25) is 0 Å². The number of benzene rings is 1. The smallest absolute Gasteiger partial charge is 0.333 e. The van der Waals surface area contributed by atoms with E-state index in [9.17, 15) is 4.79 Å². The molecule has 1 rings (SSSR count). The fourth-order valence-corrected chi connectivity index (χ4v) is 2.39. The summed E-state index contributed by atoms with van der Waals surface area (Å²) in [6.45, 7) is 3.84. The number of hydrogen-bond donors (Lipinski definition) is 0. The van der Waals surface area contributed by atoms with Crippen molar-refractivity contribution in [3.63, 3.8) is 0 Å². The van der Waals surface area contributed by atoms with Crippen LogP contribution < -0.4 is 4.74 Å². The van der Waals surface area contributed by atoms with Crippen LogP contribution in [-0.2, 0) is 9.53 Å². The third kappa shape index (κ3) is 4.03. The zero-order chi connectivity index (χ0) is 13.7. The van der Waals surface area contributed by atoms with Crippen molar-refractivity contribution >= 4 is 33.5 Å². The topological polar surface area (TPSA) is 35.5 Å². The molecule has 0 heterocycles. The highest BCUT2D eigenvalue weighted by Gasteiger charge is 2.07. The number of rotatable bonds is 4. The minimum absolute atomic E-state index is 0.267. The fraction of sp³-hybridized carbons (Fsp3) is 0.308. The van der Waals surface area contributed by atoms with E-state index >= 15 is 0 Å². The molecule has 0 aliphatic rings. The predicted molar refractivity (Wildman–Crippen MR) is 75.2 cm³/mol. The number of carbonyl (C=O) groups excluding carboxylic acids is 1. The predicted octanol–water partition coefficient (Wildman–Crippen LogP) is 3.91. The normalized spacial score (nSPS) is 11.3. The molecule has 1 aromatic rings. The molecule has 0 aliphatic heterocycles. The SMILES string of the molecule is COC(=O)C(C)=CCOc1c(C)cc(Br)cc1Cl. The highest BCUT2D eigenvalue weighted by molar-refractivity contribution is 9.10. The van der Waals surface area contributed by atoms with Crippen LogP contribution in [0.3, 0.4) is 0 Å². The molecule has 5 heteroatoms. The third-order valence-electron chi connectivity index (χ3n) is 2.32. The van der Waals surface area contributed by atoms with Gasteiger partial charge < -0.3 is 9.47 Å². The largest absolute Gasteiger partial charge is 0.488 e. The van der Waals surface area contributed by atoms with Crippen LogP contribution in [0.15, 0.2) is 28.3 Å². The van der Waals surface area contributed by atoms with Gasteiger partial charge in [-0.3, -0.25) is 0 Å². The van der Waals surface area contributed by atoms with Gasteiger partial charge in [-0.2, -0.15) is 0 Å². The van der Waals surface area contributed by atoms with Crippen LogP contribution in [0.5, 0.6) is 5.75 Å².